The Labute approximate surface area is 161 Å². The minimum atomic E-state index is -3.96. The van der Waals surface area contributed by atoms with Crippen molar-refractivity contribution in [3.63, 3.8) is 0 Å². The molecule has 10 nitrogen and oxygen atoms in total. The van der Waals surface area contributed by atoms with E-state index in [1.165, 1.54) is 33.3 Å². The van der Waals surface area contributed by atoms with Crippen LogP contribution in [0.2, 0.25) is 0 Å². The fourth-order valence-corrected chi connectivity index (χ4v) is 5.40. The molecule has 0 N–H and O–H groups in total. The van der Waals surface area contributed by atoms with Crippen molar-refractivity contribution in [3.8, 4) is 0 Å². The van der Waals surface area contributed by atoms with Crippen LogP contribution >= 0.6 is 0 Å². The molecule has 0 amide bonds. The highest BCUT2D eigenvalue weighted by Gasteiger charge is 2.37. The van der Waals surface area contributed by atoms with Gasteiger partial charge >= 0.3 is 5.69 Å². The van der Waals surface area contributed by atoms with Crippen LogP contribution in [-0.4, -0.2) is 45.1 Å². The van der Waals surface area contributed by atoms with E-state index in [1.54, 1.807) is 11.6 Å². The first-order valence-electron chi connectivity index (χ1n) is 9.19. The Morgan fingerprint density at radius 1 is 1.14 bits per heavy atom. The molecule has 0 radical (unpaired) electrons. The van der Waals surface area contributed by atoms with Gasteiger partial charge in [0.15, 0.2) is 4.90 Å². The number of aryl methyl sites for hydroxylation is 1. The lowest BCUT2D eigenvalue weighted by Gasteiger charge is -2.30. The van der Waals surface area contributed by atoms with Crippen LogP contribution < -0.4 is 5.69 Å². The van der Waals surface area contributed by atoms with E-state index in [-0.39, 0.29) is 35.6 Å². The van der Waals surface area contributed by atoms with Gasteiger partial charge in [0, 0.05) is 38.2 Å². The van der Waals surface area contributed by atoms with Crippen molar-refractivity contribution in [3.05, 3.63) is 50.7 Å². The Morgan fingerprint density at radius 3 is 2.39 bits per heavy atom. The second-order valence-electron chi connectivity index (χ2n) is 7.27. The molecule has 150 valence electrons. The molecule has 1 saturated carbocycles. The van der Waals surface area contributed by atoms with Crippen molar-refractivity contribution < 1.29 is 13.3 Å². The van der Waals surface area contributed by atoms with Gasteiger partial charge in [0.25, 0.3) is 5.69 Å². The Bertz CT molecular complexity index is 1080. The summed E-state index contributed by atoms with van der Waals surface area (Å²) in [4.78, 5) is 22.6. The van der Waals surface area contributed by atoms with E-state index in [0.29, 0.717) is 12.8 Å². The minimum absolute atomic E-state index is 0.00768. The smallest absolute Gasteiger partial charge is 0.276 e. The predicted molar refractivity (Wildman–Crippen MR) is 99.6 cm³/mol. The van der Waals surface area contributed by atoms with Crippen molar-refractivity contribution in [1.29, 1.82) is 0 Å². The molecule has 28 heavy (non-hydrogen) atoms. The quantitative estimate of drug-likeness (QED) is 0.546. The van der Waals surface area contributed by atoms with Gasteiger partial charge in [-0.05, 0) is 31.7 Å². The molecule has 1 saturated heterocycles. The van der Waals surface area contributed by atoms with E-state index >= 15 is 0 Å². The van der Waals surface area contributed by atoms with Gasteiger partial charge in [0.2, 0.25) is 10.0 Å². The second kappa shape index (κ2) is 6.82. The number of rotatable bonds is 5. The van der Waals surface area contributed by atoms with Crippen LogP contribution in [0.25, 0.3) is 0 Å². The van der Waals surface area contributed by atoms with Crippen LogP contribution in [0.3, 0.4) is 0 Å². The summed E-state index contributed by atoms with van der Waals surface area (Å²) in [7, 11) is -2.34. The van der Waals surface area contributed by atoms with Crippen LogP contribution in [0.15, 0.2) is 34.0 Å². The Balaban J connectivity index is 1.56. The minimum Gasteiger partial charge on any atom is -0.276 e. The molecule has 0 bridgehead atoms. The van der Waals surface area contributed by atoms with Gasteiger partial charge < -0.3 is 0 Å². The Morgan fingerprint density at radius 2 is 1.79 bits per heavy atom. The van der Waals surface area contributed by atoms with Gasteiger partial charge in [0.05, 0.1) is 4.92 Å². The third kappa shape index (κ3) is 3.14. The van der Waals surface area contributed by atoms with Crippen molar-refractivity contribution >= 4 is 15.7 Å². The van der Waals surface area contributed by atoms with Crippen molar-refractivity contribution in [2.45, 2.75) is 42.5 Å². The number of hydrogen-bond acceptors (Lipinski definition) is 6. The zero-order valence-electron chi connectivity index (χ0n) is 15.4. The number of sulfonamides is 1. The summed E-state index contributed by atoms with van der Waals surface area (Å²) in [5.74, 6) is 0.712. The molecule has 4 rings (SSSR count). The number of nitrogens with zero attached hydrogens (tertiary/aromatic N) is 5. The van der Waals surface area contributed by atoms with Gasteiger partial charge in [-0.1, -0.05) is 12.1 Å². The molecule has 1 aliphatic carbocycles. The lowest BCUT2D eigenvalue weighted by molar-refractivity contribution is -0.387. The predicted octanol–water partition coefficient (Wildman–Crippen LogP) is 1.39. The number of para-hydroxylation sites is 1. The normalized spacial score (nSPS) is 19.0. The standard InChI is InChI=1S/C17H21N5O5S/c1-19-17(23)21(13-6-7-13)16(18-19)12-8-10-20(11-9-12)28(26,27)15-5-3-2-4-14(15)22(24)25/h2-5,12-13H,6-11H2,1H3. The number of aromatic nitrogens is 3. The van der Waals surface area contributed by atoms with Gasteiger partial charge in [-0.2, -0.15) is 9.40 Å². The average Bonchev–Trinajstić information content (AvgIpc) is 3.47. The summed E-state index contributed by atoms with van der Waals surface area (Å²) >= 11 is 0. The molecule has 1 aromatic heterocycles. The highest BCUT2D eigenvalue weighted by Crippen LogP contribution is 2.38. The number of piperidine rings is 1. The number of benzene rings is 1. The number of nitro groups is 1. The summed E-state index contributed by atoms with van der Waals surface area (Å²) in [5.41, 5.74) is -0.551. The first-order valence-corrected chi connectivity index (χ1v) is 10.6. The van der Waals surface area contributed by atoms with Crippen LogP contribution in [0, 0.1) is 10.1 Å². The molecule has 11 heteroatoms. The van der Waals surface area contributed by atoms with Crippen LogP contribution in [0.4, 0.5) is 5.69 Å². The molecule has 0 spiro atoms. The van der Waals surface area contributed by atoms with Gasteiger partial charge in [-0.15, -0.1) is 0 Å². The lowest BCUT2D eigenvalue weighted by atomic mass is 9.97. The maximum atomic E-state index is 12.9. The zero-order valence-corrected chi connectivity index (χ0v) is 16.2. The summed E-state index contributed by atoms with van der Waals surface area (Å²) in [5, 5.41) is 15.6. The van der Waals surface area contributed by atoms with Crippen LogP contribution in [0.1, 0.15) is 43.5 Å². The SMILES string of the molecule is Cn1nc(C2CCN(S(=O)(=O)c3ccccc3[N+](=O)[O-])CC2)n(C2CC2)c1=O. The number of nitro benzene ring substituents is 1. The average molecular weight is 407 g/mol. The first kappa shape index (κ1) is 18.8. The monoisotopic (exact) mass is 407 g/mol. The van der Waals surface area contributed by atoms with E-state index in [4.69, 9.17) is 0 Å². The summed E-state index contributed by atoms with van der Waals surface area (Å²) in [6.45, 7) is 0.461. The van der Waals surface area contributed by atoms with E-state index in [1.807, 2.05) is 0 Å². The molecule has 2 aromatic rings. The topological polar surface area (TPSA) is 120 Å². The first-order chi connectivity index (χ1) is 13.3. The molecular weight excluding hydrogens is 386 g/mol. The van der Waals surface area contributed by atoms with Gasteiger partial charge in [-0.3, -0.25) is 14.7 Å². The fourth-order valence-electron chi connectivity index (χ4n) is 3.77. The van der Waals surface area contributed by atoms with Crippen LogP contribution in [-0.2, 0) is 17.1 Å². The lowest BCUT2D eigenvalue weighted by Crippen LogP contribution is -2.38. The van der Waals surface area contributed by atoms with E-state index in [2.05, 4.69) is 5.10 Å². The highest BCUT2D eigenvalue weighted by atomic mass is 32.2. The molecule has 2 heterocycles. The number of hydrogen-bond donors (Lipinski definition) is 0. The van der Waals surface area contributed by atoms with Crippen molar-refractivity contribution in [1.82, 2.24) is 18.7 Å². The van der Waals surface area contributed by atoms with Gasteiger partial charge in [0.1, 0.15) is 5.82 Å². The van der Waals surface area contributed by atoms with Crippen LogP contribution in [0.5, 0.6) is 0 Å². The summed E-state index contributed by atoms with van der Waals surface area (Å²) < 4.78 is 30.3. The summed E-state index contributed by atoms with van der Waals surface area (Å²) in [6.07, 6.45) is 2.96. The zero-order chi connectivity index (χ0) is 20.1. The molecule has 1 aromatic carbocycles. The van der Waals surface area contributed by atoms with E-state index in [9.17, 15) is 23.3 Å². The molecular formula is C17H21N5O5S. The Hall–Kier alpha value is -2.53. The molecule has 2 fully saturated rings. The molecule has 1 aliphatic heterocycles. The van der Waals surface area contributed by atoms with E-state index < -0.39 is 20.6 Å². The fraction of sp³-hybridized carbons (Fsp3) is 0.529. The largest absolute Gasteiger partial charge is 0.345 e. The van der Waals surface area contributed by atoms with E-state index in [0.717, 1.165) is 18.7 Å². The third-order valence-electron chi connectivity index (χ3n) is 5.39. The molecule has 0 atom stereocenters. The third-order valence-corrected chi connectivity index (χ3v) is 7.34. The van der Waals surface area contributed by atoms with Crippen molar-refractivity contribution in [2.24, 2.45) is 7.05 Å². The Kier molecular flexibility index (Phi) is 4.58. The summed E-state index contributed by atoms with van der Waals surface area (Å²) in [6, 6.07) is 5.59. The molecule has 0 unspecified atom stereocenters. The maximum absolute atomic E-state index is 12.9. The molecule has 2 aliphatic rings. The van der Waals surface area contributed by atoms with Gasteiger partial charge in [-0.25, -0.2) is 17.9 Å². The van der Waals surface area contributed by atoms with Crippen molar-refractivity contribution in [2.75, 3.05) is 13.1 Å². The highest BCUT2D eigenvalue weighted by molar-refractivity contribution is 7.89. The second-order valence-corrected chi connectivity index (χ2v) is 9.18. The maximum Gasteiger partial charge on any atom is 0.345 e.